The smallest absolute Gasteiger partial charge is 0.0839 e. The molecule has 0 fully saturated rings. The summed E-state index contributed by atoms with van der Waals surface area (Å²) in [5, 5.41) is 16.2. The Kier molecular flexibility index (Phi) is 2.81. The minimum atomic E-state index is -0.520. The van der Waals surface area contributed by atoms with Crippen molar-refractivity contribution in [2.75, 3.05) is 0 Å². The van der Waals surface area contributed by atoms with Crippen molar-refractivity contribution < 1.29 is 5.11 Å². The predicted molar refractivity (Wildman–Crippen MR) is 44.8 cm³/mol. The number of nitrogens with one attached hydrogen (secondary N) is 1. The largest absolute Gasteiger partial charge is 0.388 e. The second kappa shape index (κ2) is 3.88. The summed E-state index contributed by atoms with van der Waals surface area (Å²) in [6, 6.07) is 9.37. The molecule has 58 valence electrons. The van der Waals surface area contributed by atoms with Gasteiger partial charge < -0.3 is 10.5 Å². The number of rotatable bonds is 3. The Hall–Kier alpha value is -1.15. The lowest BCUT2D eigenvalue weighted by Gasteiger charge is -2.05. The van der Waals surface area contributed by atoms with Crippen LogP contribution in [0.3, 0.4) is 0 Å². The fourth-order valence-corrected chi connectivity index (χ4v) is 0.923. The van der Waals surface area contributed by atoms with Gasteiger partial charge in [0.2, 0.25) is 0 Å². The van der Waals surface area contributed by atoms with Crippen molar-refractivity contribution in [3.05, 3.63) is 35.9 Å². The average molecular weight is 149 g/mol. The Morgan fingerprint density at radius 2 is 2.00 bits per heavy atom. The van der Waals surface area contributed by atoms with Gasteiger partial charge in [-0.15, -0.1) is 0 Å². The number of aliphatic hydroxyl groups is 1. The predicted octanol–water partition coefficient (Wildman–Crippen LogP) is 1.76. The second-order valence-electron chi connectivity index (χ2n) is 2.37. The summed E-state index contributed by atoms with van der Waals surface area (Å²) in [4.78, 5) is 0. The lowest BCUT2D eigenvalue weighted by atomic mass is 10.1. The van der Waals surface area contributed by atoms with Crippen LogP contribution in [0.15, 0.2) is 30.3 Å². The summed E-state index contributed by atoms with van der Waals surface area (Å²) >= 11 is 0. The van der Waals surface area contributed by atoms with Gasteiger partial charge in [-0.2, -0.15) is 0 Å². The quantitative estimate of drug-likeness (QED) is 0.632. The highest BCUT2D eigenvalue weighted by molar-refractivity contribution is 5.54. The summed E-state index contributed by atoms with van der Waals surface area (Å²) in [6.45, 7) is 0. The van der Waals surface area contributed by atoms with Crippen molar-refractivity contribution in [2.24, 2.45) is 0 Å². The van der Waals surface area contributed by atoms with Crippen LogP contribution in [-0.2, 0) is 0 Å². The summed E-state index contributed by atoms with van der Waals surface area (Å²) in [5.74, 6) is 0. The molecule has 0 bridgehead atoms. The van der Waals surface area contributed by atoms with E-state index in [1.807, 2.05) is 30.3 Å². The van der Waals surface area contributed by atoms with Gasteiger partial charge in [-0.05, 0) is 11.8 Å². The molecule has 2 N–H and O–H groups in total. The molecule has 0 aliphatic carbocycles. The van der Waals surface area contributed by atoms with Crippen molar-refractivity contribution in [2.45, 2.75) is 12.5 Å². The Morgan fingerprint density at radius 1 is 1.36 bits per heavy atom. The molecule has 0 amide bonds. The second-order valence-corrected chi connectivity index (χ2v) is 2.37. The van der Waals surface area contributed by atoms with Crippen LogP contribution >= 0.6 is 0 Å². The standard InChI is InChI=1S/C9H11NO/c10-7-6-9(11)8-4-2-1-3-5-8/h1-5,7,9-11H,6H2. The van der Waals surface area contributed by atoms with Crippen LogP contribution < -0.4 is 0 Å². The molecule has 1 atom stereocenters. The van der Waals surface area contributed by atoms with E-state index in [4.69, 9.17) is 5.41 Å². The molecule has 0 radical (unpaired) electrons. The number of hydrogen-bond donors (Lipinski definition) is 2. The highest BCUT2D eigenvalue weighted by atomic mass is 16.3. The van der Waals surface area contributed by atoms with Gasteiger partial charge in [-0.1, -0.05) is 30.3 Å². The molecule has 2 nitrogen and oxygen atoms in total. The van der Waals surface area contributed by atoms with Crippen LogP contribution in [-0.4, -0.2) is 11.3 Å². The van der Waals surface area contributed by atoms with E-state index in [0.29, 0.717) is 6.42 Å². The summed E-state index contributed by atoms with van der Waals surface area (Å²) < 4.78 is 0. The van der Waals surface area contributed by atoms with Crippen LogP contribution in [0.1, 0.15) is 18.1 Å². The average Bonchev–Trinajstić information content (AvgIpc) is 2.07. The first-order valence-electron chi connectivity index (χ1n) is 3.56. The first kappa shape index (κ1) is 7.95. The fourth-order valence-electron chi connectivity index (χ4n) is 0.923. The topological polar surface area (TPSA) is 44.1 Å². The summed E-state index contributed by atoms with van der Waals surface area (Å²) in [5.41, 5.74) is 0.871. The van der Waals surface area contributed by atoms with Gasteiger partial charge in [-0.25, -0.2) is 0 Å². The van der Waals surface area contributed by atoms with Gasteiger partial charge in [0.1, 0.15) is 0 Å². The van der Waals surface area contributed by atoms with E-state index in [0.717, 1.165) is 5.56 Å². The molecule has 0 aromatic heterocycles. The molecule has 1 unspecified atom stereocenters. The van der Waals surface area contributed by atoms with E-state index in [9.17, 15) is 5.11 Å². The Bertz CT molecular complexity index is 220. The Morgan fingerprint density at radius 3 is 2.55 bits per heavy atom. The van der Waals surface area contributed by atoms with E-state index in [1.165, 1.54) is 6.21 Å². The molecule has 1 rings (SSSR count). The zero-order chi connectivity index (χ0) is 8.10. The first-order valence-corrected chi connectivity index (χ1v) is 3.56. The van der Waals surface area contributed by atoms with Crippen LogP contribution in [0.4, 0.5) is 0 Å². The van der Waals surface area contributed by atoms with Crippen molar-refractivity contribution in [3.8, 4) is 0 Å². The molecular formula is C9H11NO. The molecule has 2 heteroatoms. The van der Waals surface area contributed by atoms with E-state index < -0.39 is 6.10 Å². The number of hydrogen-bond acceptors (Lipinski definition) is 2. The van der Waals surface area contributed by atoms with Gasteiger partial charge in [0.15, 0.2) is 0 Å². The lowest BCUT2D eigenvalue weighted by molar-refractivity contribution is 0.187. The lowest BCUT2D eigenvalue weighted by Crippen LogP contribution is -1.96. The molecule has 0 heterocycles. The van der Waals surface area contributed by atoms with Crippen molar-refractivity contribution in [1.82, 2.24) is 0 Å². The maximum Gasteiger partial charge on any atom is 0.0839 e. The molecule has 0 saturated carbocycles. The van der Waals surface area contributed by atoms with Gasteiger partial charge >= 0.3 is 0 Å². The van der Waals surface area contributed by atoms with Gasteiger partial charge in [-0.3, -0.25) is 0 Å². The number of benzene rings is 1. The molecule has 0 aliphatic rings. The zero-order valence-electron chi connectivity index (χ0n) is 6.20. The zero-order valence-corrected chi connectivity index (χ0v) is 6.20. The molecular weight excluding hydrogens is 138 g/mol. The fraction of sp³-hybridized carbons (Fsp3) is 0.222. The van der Waals surface area contributed by atoms with E-state index in [2.05, 4.69) is 0 Å². The van der Waals surface area contributed by atoms with Crippen LogP contribution in [0, 0.1) is 5.41 Å². The van der Waals surface area contributed by atoms with Crippen LogP contribution in [0.25, 0.3) is 0 Å². The third-order valence-corrected chi connectivity index (χ3v) is 1.53. The van der Waals surface area contributed by atoms with Crippen LogP contribution in [0.2, 0.25) is 0 Å². The molecule has 11 heavy (non-hydrogen) atoms. The van der Waals surface area contributed by atoms with E-state index in [-0.39, 0.29) is 0 Å². The third kappa shape index (κ3) is 2.16. The summed E-state index contributed by atoms with van der Waals surface area (Å²) in [7, 11) is 0. The molecule has 0 spiro atoms. The molecule has 1 aromatic carbocycles. The van der Waals surface area contributed by atoms with E-state index in [1.54, 1.807) is 0 Å². The maximum atomic E-state index is 9.37. The highest BCUT2D eigenvalue weighted by Gasteiger charge is 2.02. The SMILES string of the molecule is N=CCC(O)c1ccccc1. The van der Waals surface area contributed by atoms with Gasteiger partial charge in [0.05, 0.1) is 6.10 Å². The summed E-state index contributed by atoms with van der Waals surface area (Å²) in [6.07, 6.45) is 1.09. The first-order chi connectivity index (χ1) is 5.34. The van der Waals surface area contributed by atoms with Crippen molar-refractivity contribution in [3.63, 3.8) is 0 Å². The Labute approximate surface area is 66.0 Å². The monoisotopic (exact) mass is 149 g/mol. The van der Waals surface area contributed by atoms with E-state index >= 15 is 0 Å². The normalized spacial score (nSPS) is 12.5. The molecule has 0 aliphatic heterocycles. The minimum Gasteiger partial charge on any atom is -0.388 e. The Balaban J connectivity index is 2.68. The van der Waals surface area contributed by atoms with Crippen molar-refractivity contribution in [1.29, 1.82) is 5.41 Å². The van der Waals surface area contributed by atoms with Gasteiger partial charge in [0.25, 0.3) is 0 Å². The number of aliphatic hydroxyl groups excluding tert-OH is 1. The third-order valence-electron chi connectivity index (χ3n) is 1.53. The molecule has 0 saturated heterocycles. The van der Waals surface area contributed by atoms with Crippen molar-refractivity contribution >= 4 is 6.21 Å². The van der Waals surface area contributed by atoms with Crippen LogP contribution in [0.5, 0.6) is 0 Å². The minimum absolute atomic E-state index is 0.393. The highest BCUT2D eigenvalue weighted by Crippen LogP contribution is 2.13. The maximum absolute atomic E-state index is 9.37. The van der Waals surface area contributed by atoms with Gasteiger partial charge in [0, 0.05) is 6.42 Å². The molecule has 1 aromatic rings.